The van der Waals surface area contributed by atoms with E-state index in [0.717, 1.165) is 0 Å². The molecule has 21 heavy (non-hydrogen) atoms. The number of hydrogen-bond acceptors (Lipinski definition) is 4. The molecule has 6 nitrogen and oxygen atoms in total. The van der Waals surface area contributed by atoms with Crippen molar-refractivity contribution in [3.8, 4) is 0 Å². The fourth-order valence-electron chi connectivity index (χ4n) is 1.92. The monoisotopic (exact) mass is 310 g/mol. The molecule has 0 saturated heterocycles. The zero-order valence-electron chi connectivity index (χ0n) is 12.8. The Hall–Kier alpha value is -1.82. The fourth-order valence-corrected chi connectivity index (χ4v) is 2.13. The van der Waals surface area contributed by atoms with Gasteiger partial charge in [-0.25, -0.2) is 4.79 Å². The highest BCUT2D eigenvalue weighted by Gasteiger charge is 2.30. The van der Waals surface area contributed by atoms with Crippen molar-refractivity contribution in [2.75, 3.05) is 0 Å². The lowest BCUT2D eigenvalue weighted by atomic mass is 10.1. The van der Waals surface area contributed by atoms with Crippen molar-refractivity contribution in [2.45, 2.75) is 45.8 Å². The van der Waals surface area contributed by atoms with Crippen LogP contribution < -0.4 is 5.32 Å². The quantitative estimate of drug-likeness (QED) is 0.925. The van der Waals surface area contributed by atoms with E-state index in [-0.39, 0.29) is 0 Å². The third-order valence-electron chi connectivity index (χ3n) is 2.76. The smallest absolute Gasteiger partial charge is 0.408 e. The van der Waals surface area contributed by atoms with E-state index in [2.05, 4.69) is 15.5 Å². The Bertz CT molecular complexity index is 673. The maximum atomic E-state index is 12.0. The summed E-state index contributed by atoms with van der Waals surface area (Å²) in [5.74, 6) is 0.575. The van der Waals surface area contributed by atoms with Gasteiger partial charge in [0.05, 0.1) is 10.6 Å². The molecule has 0 radical (unpaired) electrons. The fraction of sp³-hybridized carbons (Fsp3) is 0.500. The summed E-state index contributed by atoms with van der Waals surface area (Å²) >= 11 is 6.08. The van der Waals surface area contributed by atoms with Crippen LogP contribution in [-0.2, 0) is 10.3 Å². The van der Waals surface area contributed by atoms with Gasteiger partial charge in [-0.1, -0.05) is 11.6 Å². The van der Waals surface area contributed by atoms with Crippen LogP contribution in [0.15, 0.2) is 18.3 Å². The average Bonchev–Trinajstić information content (AvgIpc) is 2.71. The molecule has 0 aliphatic heterocycles. The van der Waals surface area contributed by atoms with Gasteiger partial charge in [-0.05, 0) is 46.8 Å². The van der Waals surface area contributed by atoms with E-state index in [0.29, 0.717) is 16.5 Å². The molecular weight excluding hydrogens is 292 g/mol. The molecule has 0 saturated carbocycles. The Balaban J connectivity index is 2.30. The number of rotatable bonds is 2. The van der Waals surface area contributed by atoms with E-state index in [1.807, 2.05) is 34.6 Å². The molecule has 2 aromatic heterocycles. The zero-order valence-corrected chi connectivity index (χ0v) is 13.5. The van der Waals surface area contributed by atoms with E-state index in [1.165, 1.54) is 0 Å². The number of hydrogen-bond donors (Lipinski definition) is 1. The standard InChI is InChI=1S/C14H19ClN4O2/c1-13(2,3)21-12(20)16-14(4,5)11-18-17-10-9(15)7-6-8-19(10)11/h6-8H,1-5H3,(H,16,20). The third-order valence-corrected chi connectivity index (χ3v) is 3.05. The summed E-state index contributed by atoms with van der Waals surface area (Å²) in [5, 5.41) is 11.5. The van der Waals surface area contributed by atoms with Crippen LogP contribution in [0.3, 0.4) is 0 Å². The van der Waals surface area contributed by atoms with Crippen molar-refractivity contribution >= 4 is 23.3 Å². The number of nitrogens with zero attached hydrogens (tertiary/aromatic N) is 3. The first-order valence-electron chi connectivity index (χ1n) is 6.61. The van der Waals surface area contributed by atoms with Gasteiger partial charge in [0, 0.05) is 6.20 Å². The summed E-state index contributed by atoms with van der Waals surface area (Å²) in [7, 11) is 0. The summed E-state index contributed by atoms with van der Waals surface area (Å²) in [6.45, 7) is 9.09. The molecule has 0 fully saturated rings. The van der Waals surface area contributed by atoms with Crippen LogP contribution in [-0.4, -0.2) is 26.3 Å². The number of carbonyl (C=O) groups is 1. The molecule has 114 valence electrons. The molecule has 0 bridgehead atoms. The lowest BCUT2D eigenvalue weighted by molar-refractivity contribution is 0.0465. The van der Waals surface area contributed by atoms with Crippen molar-refractivity contribution < 1.29 is 9.53 Å². The minimum absolute atomic E-state index is 0.504. The normalized spacial score (nSPS) is 12.5. The van der Waals surface area contributed by atoms with Crippen molar-refractivity contribution in [1.82, 2.24) is 19.9 Å². The molecule has 1 N–H and O–H groups in total. The number of aromatic nitrogens is 3. The lowest BCUT2D eigenvalue weighted by Crippen LogP contribution is -2.44. The van der Waals surface area contributed by atoms with Gasteiger partial charge in [-0.2, -0.15) is 0 Å². The number of nitrogens with one attached hydrogen (secondary N) is 1. The van der Waals surface area contributed by atoms with Crippen LogP contribution >= 0.6 is 11.6 Å². The maximum absolute atomic E-state index is 12.0. The number of fused-ring (bicyclic) bond motifs is 1. The molecule has 0 aromatic carbocycles. The van der Waals surface area contributed by atoms with Crippen LogP contribution in [0.4, 0.5) is 4.79 Å². The highest BCUT2D eigenvalue weighted by atomic mass is 35.5. The van der Waals surface area contributed by atoms with Gasteiger partial charge < -0.3 is 10.1 Å². The van der Waals surface area contributed by atoms with Crippen molar-refractivity contribution in [1.29, 1.82) is 0 Å². The zero-order chi connectivity index (χ0) is 15.8. The first-order chi connectivity index (χ1) is 9.60. The predicted octanol–water partition coefficient (Wildman–Crippen LogP) is 3.14. The van der Waals surface area contributed by atoms with E-state index in [4.69, 9.17) is 16.3 Å². The minimum atomic E-state index is -0.758. The number of halogens is 1. The highest BCUT2D eigenvalue weighted by Crippen LogP contribution is 2.23. The summed E-state index contributed by atoms with van der Waals surface area (Å²) < 4.78 is 7.02. The molecular formula is C14H19ClN4O2. The second-order valence-electron chi connectivity index (χ2n) is 6.33. The molecule has 1 amide bonds. The Morgan fingerprint density at radius 1 is 1.29 bits per heavy atom. The number of amides is 1. The molecule has 0 spiro atoms. The number of pyridine rings is 1. The van der Waals surface area contributed by atoms with Gasteiger partial charge in [0.1, 0.15) is 5.60 Å². The Morgan fingerprint density at radius 2 is 1.95 bits per heavy atom. The van der Waals surface area contributed by atoms with Gasteiger partial charge in [0.15, 0.2) is 11.5 Å². The van der Waals surface area contributed by atoms with Gasteiger partial charge in [-0.3, -0.25) is 4.40 Å². The van der Waals surface area contributed by atoms with Gasteiger partial charge in [0.25, 0.3) is 0 Å². The van der Waals surface area contributed by atoms with Gasteiger partial charge in [0.2, 0.25) is 0 Å². The summed E-state index contributed by atoms with van der Waals surface area (Å²) in [6.07, 6.45) is 1.29. The molecule has 2 heterocycles. The SMILES string of the molecule is CC(C)(C)OC(=O)NC(C)(C)c1nnc2c(Cl)cccn12. The van der Waals surface area contributed by atoms with Crippen molar-refractivity contribution in [2.24, 2.45) is 0 Å². The topological polar surface area (TPSA) is 68.5 Å². The molecule has 2 aromatic rings. The van der Waals surface area contributed by atoms with E-state index in [9.17, 15) is 4.79 Å². The Kier molecular flexibility index (Phi) is 3.84. The molecule has 7 heteroatoms. The van der Waals surface area contributed by atoms with E-state index >= 15 is 0 Å². The first-order valence-corrected chi connectivity index (χ1v) is 6.99. The van der Waals surface area contributed by atoms with Crippen LogP contribution in [0.5, 0.6) is 0 Å². The number of ether oxygens (including phenoxy) is 1. The van der Waals surface area contributed by atoms with Crippen LogP contribution in [0.2, 0.25) is 5.02 Å². The van der Waals surface area contributed by atoms with Crippen molar-refractivity contribution in [3.05, 3.63) is 29.2 Å². The first kappa shape index (κ1) is 15.6. The third kappa shape index (κ3) is 3.44. The Labute approximate surface area is 128 Å². The van der Waals surface area contributed by atoms with Crippen molar-refractivity contribution in [3.63, 3.8) is 0 Å². The molecule has 0 aliphatic rings. The number of carbonyl (C=O) groups excluding carboxylic acids is 1. The minimum Gasteiger partial charge on any atom is -0.444 e. The van der Waals surface area contributed by atoms with Crippen LogP contribution in [0, 0.1) is 0 Å². The molecule has 0 unspecified atom stereocenters. The van der Waals surface area contributed by atoms with E-state index < -0.39 is 17.2 Å². The van der Waals surface area contributed by atoms with Gasteiger partial charge in [-0.15, -0.1) is 10.2 Å². The van der Waals surface area contributed by atoms with Gasteiger partial charge >= 0.3 is 6.09 Å². The summed E-state index contributed by atoms with van der Waals surface area (Å²) in [6, 6.07) is 3.54. The van der Waals surface area contributed by atoms with Crippen LogP contribution in [0.25, 0.3) is 5.65 Å². The van der Waals surface area contributed by atoms with Crippen LogP contribution in [0.1, 0.15) is 40.4 Å². The summed E-state index contributed by atoms with van der Waals surface area (Å²) in [4.78, 5) is 12.0. The second kappa shape index (κ2) is 5.18. The average molecular weight is 311 g/mol. The number of alkyl carbamates (subject to hydrolysis) is 1. The molecule has 0 aliphatic carbocycles. The molecule has 2 rings (SSSR count). The van der Waals surface area contributed by atoms with E-state index in [1.54, 1.807) is 22.7 Å². The summed E-state index contributed by atoms with van der Waals surface area (Å²) in [5.41, 5.74) is -0.767. The largest absolute Gasteiger partial charge is 0.444 e. The maximum Gasteiger partial charge on any atom is 0.408 e. The lowest BCUT2D eigenvalue weighted by Gasteiger charge is -2.27. The molecule has 0 atom stereocenters. The Morgan fingerprint density at radius 3 is 2.57 bits per heavy atom. The second-order valence-corrected chi connectivity index (χ2v) is 6.73. The highest BCUT2D eigenvalue weighted by molar-refractivity contribution is 6.33. The predicted molar refractivity (Wildman–Crippen MR) is 80.4 cm³/mol.